The summed E-state index contributed by atoms with van der Waals surface area (Å²) in [5.74, 6) is 3.21. The number of fused-ring (bicyclic) bond motifs is 4. The summed E-state index contributed by atoms with van der Waals surface area (Å²) in [6.45, 7) is 2.69. The minimum absolute atomic E-state index is 0.0189. The van der Waals surface area contributed by atoms with Crippen LogP contribution in [0.5, 0.6) is 17.2 Å². The molecule has 0 spiro atoms. The van der Waals surface area contributed by atoms with Gasteiger partial charge in [-0.1, -0.05) is 18.2 Å². The number of carbonyl (C=O) groups excluding carboxylic acids is 2. The lowest BCUT2D eigenvalue weighted by Crippen LogP contribution is -2.47. The topological polar surface area (TPSA) is 135 Å². The summed E-state index contributed by atoms with van der Waals surface area (Å²) >= 11 is 1.66. The summed E-state index contributed by atoms with van der Waals surface area (Å²) in [5, 5.41) is 6.40. The van der Waals surface area contributed by atoms with E-state index in [1.54, 1.807) is 45.2 Å². The molecule has 11 nitrogen and oxygen atoms in total. The number of carbonyl (C=O) groups is 2. The van der Waals surface area contributed by atoms with Crippen molar-refractivity contribution in [2.75, 3.05) is 51.7 Å². The first kappa shape index (κ1) is 35.1. The Morgan fingerprint density at radius 3 is 2.46 bits per heavy atom. The highest BCUT2D eigenvalue weighted by Crippen LogP contribution is 2.50. The number of hydrogen-bond donors (Lipinski definition) is 3. The molecule has 1 aromatic heterocycles. The minimum Gasteiger partial charge on any atom is -0.493 e. The second-order valence-corrected chi connectivity index (χ2v) is 13.8. The molecule has 1 saturated heterocycles. The average molecular weight is 700 g/mol. The van der Waals surface area contributed by atoms with Gasteiger partial charge in [0.2, 0.25) is 23.0 Å². The second kappa shape index (κ2) is 15.5. The molecule has 2 amide bonds. The van der Waals surface area contributed by atoms with Crippen LogP contribution in [0.4, 0.5) is 5.69 Å². The summed E-state index contributed by atoms with van der Waals surface area (Å²) in [7, 11) is 4.71. The van der Waals surface area contributed by atoms with E-state index < -0.39 is 12.1 Å². The number of amides is 2. The lowest BCUT2D eigenvalue weighted by atomic mass is 9.95. The molecule has 3 aromatic carbocycles. The predicted octanol–water partition coefficient (Wildman–Crippen LogP) is 5.68. The van der Waals surface area contributed by atoms with E-state index in [0.717, 1.165) is 52.1 Å². The Bertz CT molecular complexity index is 1910. The fraction of sp³-hybridized carbons (Fsp3) is 0.421. The van der Waals surface area contributed by atoms with Gasteiger partial charge in [0.1, 0.15) is 11.9 Å². The number of H-pyrrole nitrogens is 1. The number of nitrogens with one attached hydrogen (secondary N) is 3. The van der Waals surface area contributed by atoms with Crippen molar-refractivity contribution < 1.29 is 23.8 Å². The van der Waals surface area contributed by atoms with Gasteiger partial charge in [-0.3, -0.25) is 14.4 Å². The van der Waals surface area contributed by atoms with Crippen molar-refractivity contribution in [3.63, 3.8) is 0 Å². The predicted molar refractivity (Wildman–Crippen MR) is 198 cm³/mol. The highest BCUT2D eigenvalue weighted by Gasteiger charge is 2.32. The van der Waals surface area contributed by atoms with Crippen LogP contribution in [-0.2, 0) is 16.0 Å². The van der Waals surface area contributed by atoms with Crippen LogP contribution in [0.2, 0.25) is 0 Å². The second-order valence-electron chi connectivity index (χ2n) is 12.8. The van der Waals surface area contributed by atoms with E-state index >= 15 is 0 Å². The van der Waals surface area contributed by atoms with Crippen LogP contribution < -0.4 is 30.3 Å². The molecule has 2 atom stereocenters. The van der Waals surface area contributed by atoms with E-state index in [2.05, 4.69) is 15.6 Å². The molecule has 1 aliphatic carbocycles. The van der Waals surface area contributed by atoms with Crippen LogP contribution >= 0.6 is 11.8 Å². The normalized spacial score (nSPS) is 16.5. The first-order chi connectivity index (χ1) is 24.3. The Morgan fingerprint density at radius 1 is 1.02 bits per heavy atom. The fourth-order valence-electron chi connectivity index (χ4n) is 7.27. The van der Waals surface area contributed by atoms with Crippen LogP contribution in [0.15, 0.2) is 53.3 Å². The summed E-state index contributed by atoms with van der Waals surface area (Å²) in [6.07, 6.45) is 5.34. The molecule has 2 unspecified atom stereocenters. The largest absolute Gasteiger partial charge is 0.493 e. The van der Waals surface area contributed by atoms with E-state index in [1.165, 1.54) is 6.92 Å². The highest BCUT2D eigenvalue weighted by atomic mass is 32.2. The zero-order chi connectivity index (χ0) is 35.4. The van der Waals surface area contributed by atoms with Crippen molar-refractivity contribution in [3.05, 3.63) is 75.7 Å². The van der Waals surface area contributed by atoms with Gasteiger partial charge < -0.3 is 34.7 Å². The molecule has 1 fully saturated rings. The number of aryl methyl sites for hydroxylation is 1. The first-order valence-corrected chi connectivity index (χ1v) is 18.4. The van der Waals surface area contributed by atoms with Crippen LogP contribution in [0.25, 0.3) is 22.2 Å². The molecule has 3 N–H and O–H groups in total. The number of aromatic amines is 1. The number of methoxy groups -OCH3 is 3. The molecule has 0 bridgehead atoms. The van der Waals surface area contributed by atoms with E-state index in [0.29, 0.717) is 60.9 Å². The van der Waals surface area contributed by atoms with Crippen LogP contribution in [0.3, 0.4) is 0 Å². The van der Waals surface area contributed by atoms with Gasteiger partial charge in [0.25, 0.3) is 0 Å². The van der Waals surface area contributed by atoms with Crippen molar-refractivity contribution in [3.8, 4) is 28.4 Å². The van der Waals surface area contributed by atoms with Crippen molar-refractivity contribution in [1.82, 2.24) is 20.2 Å². The third kappa shape index (κ3) is 7.12. The fourth-order valence-corrected chi connectivity index (χ4v) is 7.74. The Balaban J connectivity index is 1.31. The maximum absolute atomic E-state index is 14.1. The van der Waals surface area contributed by atoms with Crippen LogP contribution in [-0.4, -0.2) is 79.2 Å². The summed E-state index contributed by atoms with van der Waals surface area (Å²) < 4.78 is 17.3. The molecule has 1 aliphatic heterocycles. The number of nitrogens with zero attached hydrogens (tertiary/aromatic N) is 2. The number of benzene rings is 2. The zero-order valence-electron chi connectivity index (χ0n) is 29.3. The number of imidazole rings is 1. The first-order valence-electron chi connectivity index (χ1n) is 17.0. The number of anilines is 1. The van der Waals surface area contributed by atoms with E-state index in [-0.39, 0.29) is 23.2 Å². The number of para-hydroxylation sites is 2. The average Bonchev–Trinajstić information content (AvgIpc) is 3.43. The van der Waals surface area contributed by atoms with E-state index in [4.69, 9.17) is 19.2 Å². The number of piperidine rings is 1. The van der Waals surface area contributed by atoms with E-state index in [1.807, 2.05) is 47.6 Å². The lowest BCUT2D eigenvalue weighted by Gasteiger charge is -2.34. The van der Waals surface area contributed by atoms with Gasteiger partial charge in [-0.05, 0) is 91.1 Å². The molecule has 2 heterocycles. The van der Waals surface area contributed by atoms with Gasteiger partial charge in [0.05, 0.1) is 44.1 Å². The monoisotopic (exact) mass is 699 g/mol. The number of ether oxygens (including phenoxy) is 3. The van der Waals surface area contributed by atoms with Crippen molar-refractivity contribution in [1.29, 1.82) is 0 Å². The Labute approximate surface area is 296 Å². The Hall–Kier alpha value is -4.71. The van der Waals surface area contributed by atoms with Crippen LogP contribution in [0, 0.1) is 0 Å². The van der Waals surface area contributed by atoms with Crippen molar-refractivity contribution in [2.45, 2.75) is 57.0 Å². The SMILES string of the molecule is COc1cc2c(c(OC)c1OC)-c1ccc(NC(CCSC)C(=O)N3CCC(c4nc5ccccc5[nH]4)CC3)c(=O)cc1C(NC(C)=O)CC2. The molecular formula is C38H45N5O6S. The van der Waals surface area contributed by atoms with Gasteiger partial charge in [-0.15, -0.1) is 0 Å². The summed E-state index contributed by atoms with van der Waals surface area (Å²) in [4.78, 5) is 50.6. The summed E-state index contributed by atoms with van der Waals surface area (Å²) in [5.41, 5.74) is 5.15. The number of likely N-dealkylation sites (tertiary alicyclic amines) is 1. The van der Waals surface area contributed by atoms with Gasteiger partial charge in [0, 0.05) is 31.5 Å². The Morgan fingerprint density at radius 2 is 1.78 bits per heavy atom. The Kier molecular flexibility index (Phi) is 10.9. The number of aromatic nitrogens is 2. The van der Waals surface area contributed by atoms with Gasteiger partial charge >= 0.3 is 0 Å². The molecule has 0 radical (unpaired) electrons. The lowest BCUT2D eigenvalue weighted by molar-refractivity contribution is -0.133. The third-order valence-corrected chi connectivity index (χ3v) is 10.4. The quantitative estimate of drug-likeness (QED) is 0.181. The number of thioether (sulfide) groups is 1. The third-order valence-electron chi connectivity index (χ3n) is 9.76. The summed E-state index contributed by atoms with van der Waals surface area (Å²) in [6, 6.07) is 14.1. The minimum atomic E-state index is -0.586. The molecule has 50 heavy (non-hydrogen) atoms. The van der Waals surface area contributed by atoms with Gasteiger partial charge in [-0.2, -0.15) is 11.8 Å². The molecule has 0 saturated carbocycles. The molecule has 2 aliphatic rings. The standard InChI is InChI=1S/C38H45N5O6S/c1-22(44)39-27-12-10-24-20-33(47-2)35(48-3)36(49-4)34(24)25-11-13-30(32(45)21-26(25)27)40-31(16-19-50-5)38(46)43-17-14-23(15-18-43)37-41-28-8-6-7-9-29(28)42-37/h6-9,11,13,20-21,23,27,31H,10,12,14-19H2,1-5H3,(H,39,44)(H,40,45)(H,41,42). The molecule has 6 rings (SSSR count). The molecule has 4 aromatic rings. The van der Waals surface area contributed by atoms with Gasteiger partial charge in [-0.25, -0.2) is 4.98 Å². The molecular weight excluding hydrogens is 655 g/mol. The maximum atomic E-state index is 14.1. The van der Waals surface area contributed by atoms with Crippen LogP contribution in [0.1, 0.15) is 61.5 Å². The highest BCUT2D eigenvalue weighted by molar-refractivity contribution is 7.98. The maximum Gasteiger partial charge on any atom is 0.245 e. The van der Waals surface area contributed by atoms with Crippen molar-refractivity contribution in [2.24, 2.45) is 0 Å². The number of rotatable bonds is 11. The molecule has 264 valence electrons. The van der Waals surface area contributed by atoms with E-state index in [9.17, 15) is 14.4 Å². The smallest absolute Gasteiger partial charge is 0.245 e. The molecule has 12 heteroatoms. The number of hydrogen-bond acceptors (Lipinski definition) is 9. The zero-order valence-corrected chi connectivity index (χ0v) is 30.1. The van der Waals surface area contributed by atoms with Gasteiger partial charge in [0.15, 0.2) is 11.5 Å². The van der Waals surface area contributed by atoms with Crippen molar-refractivity contribution >= 4 is 40.3 Å².